The molecule has 19 heavy (non-hydrogen) atoms. The lowest BCUT2D eigenvalue weighted by Crippen LogP contribution is -2.31. The molecule has 0 aliphatic carbocycles. The molecule has 1 amide bonds. The van der Waals surface area contributed by atoms with Crippen LogP contribution in [0.2, 0.25) is 0 Å². The molecule has 1 aromatic heterocycles. The summed E-state index contributed by atoms with van der Waals surface area (Å²) in [7, 11) is 0. The van der Waals surface area contributed by atoms with Gasteiger partial charge in [-0.05, 0) is 28.5 Å². The molecule has 100 valence electrons. The summed E-state index contributed by atoms with van der Waals surface area (Å²) in [6.07, 6.45) is 0.635. The van der Waals surface area contributed by atoms with E-state index in [0.717, 1.165) is 11.1 Å². The molecule has 1 atom stereocenters. The summed E-state index contributed by atoms with van der Waals surface area (Å²) in [5.74, 6) is -0.250. The average molecular weight is 261 g/mol. The SMILES string of the molecule is Cc1ccccc1C(O)CNC(=O)Cn1cnnn1. The predicted molar refractivity (Wildman–Crippen MR) is 67.0 cm³/mol. The molecule has 0 fully saturated rings. The summed E-state index contributed by atoms with van der Waals surface area (Å²) in [6.45, 7) is 2.11. The van der Waals surface area contributed by atoms with Crippen LogP contribution in [-0.4, -0.2) is 37.8 Å². The first kappa shape index (κ1) is 13.2. The number of rotatable bonds is 5. The third-order valence-corrected chi connectivity index (χ3v) is 2.74. The number of nitrogens with one attached hydrogen (secondary N) is 1. The van der Waals surface area contributed by atoms with Crippen LogP contribution < -0.4 is 5.32 Å². The van der Waals surface area contributed by atoms with Crippen LogP contribution in [0.25, 0.3) is 0 Å². The fourth-order valence-corrected chi connectivity index (χ4v) is 1.74. The fraction of sp³-hybridized carbons (Fsp3) is 0.333. The second-order valence-electron chi connectivity index (χ2n) is 4.18. The molecular formula is C12H15N5O2. The fourth-order valence-electron chi connectivity index (χ4n) is 1.74. The van der Waals surface area contributed by atoms with Gasteiger partial charge in [0.1, 0.15) is 12.9 Å². The molecule has 2 N–H and O–H groups in total. The first-order valence-electron chi connectivity index (χ1n) is 5.88. The van der Waals surface area contributed by atoms with Crippen LogP contribution in [0.3, 0.4) is 0 Å². The minimum Gasteiger partial charge on any atom is -0.387 e. The highest BCUT2D eigenvalue weighted by Gasteiger charge is 2.11. The molecule has 0 saturated carbocycles. The number of hydrogen-bond donors (Lipinski definition) is 2. The molecule has 1 unspecified atom stereocenters. The van der Waals surface area contributed by atoms with E-state index in [4.69, 9.17) is 0 Å². The van der Waals surface area contributed by atoms with Gasteiger partial charge < -0.3 is 10.4 Å². The zero-order chi connectivity index (χ0) is 13.7. The van der Waals surface area contributed by atoms with Crippen molar-refractivity contribution in [3.8, 4) is 0 Å². The van der Waals surface area contributed by atoms with E-state index in [9.17, 15) is 9.90 Å². The second kappa shape index (κ2) is 6.05. The Labute approximate surface area is 110 Å². The zero-order valence-corrected chi connectivity index (χ0v) is 10.5. The van der Waals surface area contributed by atoms with Crippen LogP contribution in [0.1, 0.15) is 17.2 Å². The highest BCUT2D eigenvalue weighted by Crippen LogP contribution is 2.16. The number of aryl methyl sites for hydroxylation is 1. The van der Waals surface area contributed by atoms with Crippen LogP contribution >= 0.6 is 0 Å². The third kappa shape index (κ3) is 3.59. The number of hydrogen-bond acceptors (Lipinski definition) is 5. The number of aliphatic hydroxyl groups excluding tert-OH is 1. The molecule has 0 spiro atoms. The molecule has 7 heteroatoms. The van der Waals surface area contributed by atoms with Crippen LogP contribution in [0.15, 0.2) is 30.6 Å². The molecular weight excluding hydrogens is 246 g/mol. The highest BCUT2D eigenvalue weighted by atomic mass is 16.3. The monoisotopic (exact) mass is 261 g/mol. The van der Waals surface area contributed by atoms with Crippen LogP contribution in [0.4, 0.5) is 0 Å². The van der Waals surface area contributed by atoms with Crippen molar-refractivity contribution in [2.24, 2.45) is 0 Å². The van der Waals surface area contributed by atoms with E-state index < -0.39 is 6.10 Å². The van der Waals surface area contributed by atoms with Crippen molar-refractivity contribution >= 4 is 5.91 Å². The summed E-state index contributed by atoms with van der Waals surface area (Å²) >= 11 is 0. The first-order valence-corrected chi connectivity index (χ1v) is 5.88. The van der Waals surface area contributed by atoms with Crippen molar-refractivity contribution in [1.82, 2.24) is 25.5 Å². The molecule has 2 rings (SSSR count). The van der Waals surface area contributed by atoms with E-state index in [2.05, 4.69) is 20.8 Å². The van der Waals surface area contributed by atoms with Crippen molar-refractivity contribution in [2.75, 3.05) is 6.54 Å². The van der Waals surface area contributed by atoms with E-state index in [0.29, 0.717) is 0 Å². The molecule has 0 radical (unpaired) electrons. The smallest absolute Gasteiger partial charge is 0.241 e. The van der Waals surface area contributed by atoms with Gasteiger partial charge in [0.15, 0.2) is 0 Å². The number of benzene rings is 1. The zero-order valence-electron chi connectivity index (χ0n) is 10.5. The van der Waals surface area contributed by atoms with Crippen molar-refractivity contribution in [3.63, 3.8) is 0 Å². The van der Waals surface area contributed by atoms with E-state index >= 15 is 0 Å². The lowest BCUT2D eigenvalue weighted by Gasteiger charge is -2.14. The van der Waals surface area contributed by atoms with E-state index in [1.165, 1.54) is 11.0 Å². The van der Waals surface area contributed by atoms with Crippen LogP contribution in [-0.2, 0) is 11.3 Å². The Balaban J connectivity index is 1.85. The number of amides is 1. The van der Waals surface area contributed by atoms with Gasteiger partial charge in [-0.1, -0.05) is 24.3 Å². The van der Waals surface area contributed by atoms with Gasteiger partial charge in [0.2, 0.25) is 5.91 Å². The molecule has 0 bridgehead atoms. The minimum absolute atomic E-state index is 0.0352. The Morgan fingerprint density at radius 3 is 2.95 bits per heavy atom. The van der Waals surface area contributed by atoms with Gasteiger partial charge in [-0.3, -0.25) is 4.79 Å². The van der Waals surface area contributed by atoms with Crippen molar-refractivity contribution in [1.29, 1.82) is 0 Å². The maximum atomic E-state index is 11.6. The van der Waals surface area contributed by atoms with Crippen molar-refractivity contribution in [2.45, 2.75) is 19.6 Å². The molecule has 0 aliphatic heterocycles. The lowest BCUT2D eigenvalue weighted by molar-refractivity contribution is -0.122. The summed E-state index contributed by atoms with van der Waals surface area (Å²) in [4.78, 5) is 11.6. The summed E-state index contributed by atoms with van der Waals surface area (Å²) in [5, 5.41) is 23.1. The number of nitrogens with zero attached hydrogens (tertiary/aromatic N) is 4. The molecule has 7 nitrogen and oxygen atoms in total. The predicted octanol–water partition coefficient (Wildman–Crippen LogP) is -0.169. The van der Waals surface area contributed by atoms with Gasteiger partial charge in [-0.25, -0.2) is 4.68 Å². The number of tetrazole rings is 1. The minimum atomic E-state index is -0.723. The quantitative estimate of drug-likeness (QED) is 0.779. The Kier molecular flexibility index (Phi) is 4.19. The standard InChI is InChI=1S/C12H15N5O2/c1-9-4-2-3-5-10(9)11(18)6-13-12(19)7-17-8-14-15-16-17/h2-5,8,11,18H,6-7H2,1H3,(H,13,19). The van der Waals surface area contributed by atoms with Gasteiger partial charge >= 0.3 is 0 Å². The Bertz CT molecular complexity index is 541. The van der Waals surface area contributed by atoms with Gasteiger partial charge in [-0.15, -0.1) is 5.10 Å². The maximum Gasteiger partial charge on any atom is 0.241 e. The largest absolute Gasteiger partial charge is 0.387 e. The van der Waals surface area contributed by atoms with Gasteiger partial charge in [-0.2, -0.15) is 0 Å². The number of carbonyl (C=O) groups excluding carboxylic acids is 1. The molecule has 0 saturated heterocycles. The Hall–Kier alpha value is -2.28. The third-order valence-electron chi connectivity index (χ3n) is 2.74. The lowest BCUT2D eigenvalue weighted by atomic mass is 10.0. The number of aromatic nitrogens is 4. The van der Waals surface area contributed by atoms with Crippen LogP contribution in [0, 0.1) is 6.92 Å². The molecule has 2 aromatic rings. The summed E-state index contributed by atoms with van der Waals surface area (Å²) < 4.78 is 1.31. The molecule has 0 aliphatic rings. The summed E-state index contributed by atoms with van der Waals surface area (Å²) in [6, 6.07) is 7.52. The Morgan fingerprint density at radius 2 is 2.26 bits per heavy atom. The van der Waals surface area contributed by atoms with Crippen molar-refractivity contribution in [3.05, 3.63) is 41.7 Å². The van der Waals surface area contributed by atoms with E-state index in [1.807, 2.05) is 31.2 Å². The number of carbonyl (C=O) groups is 1. The van der Waals surface area contributed by atoms with E-state index in [1.54, 1.807) is 0 Å². The topological polar surface area (TPSA) is 92.9 Å². The van der Waals surface area contributed by atoms with Crippen LogP contribution in [0.5, 0.6) is 0 Å². The summed E-state index contributed by atoms with van der Waals surface area (Å²) in [5.41, 5.74) is 1.80. The maximum absolute atomic E-state index is 11.6. The normalized spacial score (nSPS) is 12.1. The molecule has 1 aromatic carbocycles. The van der Waals surface area contributed by atoms with Gasteiger partial charge in [0.25, 0.3) is 0 Å². The van der Waals surface area contributed by atoms with Gasteiger partial charge in [0.05, 0.1) is 6.10 Å². The molecule has 1 heterocycles. The van der Waals surface area contributed by atoms with Crippen molar-refractivity contribution < 1.29 is 9.90 Å². The number of aliphatic hydroxyl groups is 1. The average Bonchev–Trinajstić information content (AvgIpc) is 2.89. The van der Waals surface area contributed by atoms with Gasteiger partial charge in [0, 0.05) is 6.54 Å². The Morgan fingerprint density at radius 1 is 1.47 bits per heavy atom. The highest BCUT2D eigenvalue weighted by molar-refractivity contribution is 5.75. The second-order valence-corrected chi connectivity index (χ2v) is 4.18. The first-order chi connectivity index (χ1) is 9.16. The van der Waals surface area contributed by atoms with E-state index in [-0.39, 0.29) is 19.0 Å².